The van der Waals surface area contributed by atoms with Crippen LogP contribution in [0.3, 0.4) is 0 Å². The third-order valence-corrected chi connectivity index (χ3v) is 4.47. The zero-order chi connectivity index (χ0) is 19.5. The van der Waals surface area contributed by atoms with E-state index in [-0.39, 0.29) is 12.4 Å². The number of hydrogen-bond acceptors (Lipinski definition) is 3. The van der Waals surface area contributed by atoms with Gasteiger partial charge in [0.15, 0.2) is 0 Å². The molecule has 0 aliphatic heterocycles. The highest BCUT2D eigenvalue weighted by Crippen LogP contribution is 2.14. The monoisotopic (exact) mass is 368 g/mol. The second-order valence-electron chi connectivity index (χ2n) is 7.13. The summed E-state index contributed by atoms with van der Waals surface area (Å²) in [6.45, 7) is 4.37. The van der Waals surface area contributed by atoms with E-state index < -0.39 is 12.1 Å². The van der Waals surface area contributed by atoms with Crippen LogP contribution in [0.4, 0.5) is 0 Å². The second-order valence-corrected chi connectivity index (χ2v) is 7.13. The van der Waals surface area contributed by atoms with E-state index >= 15 is 0 Å². The number of allylic oxidation sites excluding steroid dienone is 2. The fraction of sp³-hybridized carbons (Fsp3) is 0.818. The molecule has 4 heteroatoms. The molecule has 1 atom stereocenters. The maximum absolute atomic E-state index is 11.9. The molecule has 0 aromatic rings. The molecule has 0 bridgehead atoms. The highest BCUT2D eigenvalue weighted by Gasteiger charge is 2.17. The predicted molar refractivity (Wildman–Crippen MR) is 107 cm³/mol. The molecule has 0 unspecified atom stereocenters. The Hall–Kier alpha value is -1.32. The number of unbranched alkanes of at least 4 members (excludes halogenated alkanes) is 9. The molecule has 0 radical (unpaired) electrons. The fourth-order valence-electron chi connectivity index (χ4n) is 2.91. The first-order valence-electron chi connectivity index (χ1n) is 10.7. The molecule has 0 spiro atoms. The summed E-state index contributed by atoms with van der Waals surface area (Å²) in [5, 5.41) is 8.99. The predicted octanol–water partition coefficient (Wildman–Crippen LogP) is 6.43. The summed E-state index contributed by atoms with van der Waals surface area (Å²) in [5.74, 6) is -1.16. The average Bonchev–Trinajstić information content (AvgIpc) is 2.59. The van der Waals surface area contributed by atoms with E-state index in [2.05, 4.69) is 26.0 Å². The Morgan fingerprint density at radius 3 is 2.04 bits per heavy atom. The number of esters is 1. The molecule has 0 saturated carbocycles. The molecular weight excluding hydrogens is 328 g/mol. The van der Waals surface area contributed by atoms with Gasteiger partial charge in [0.05, 0.1) is 6.42 Å². The van der Waals surface area contributed by atoms with Gasteiger partial charge in [-0.25, -0.2) is 0 Å². The van der Waals surface area contributed by atoms with Crippen LogP contribution in [0, 0.1) is 0 Å². The molecule has 1 N–H and O–H groups in total. The lowest BCUT2D eigenvalue weighted by Gasteiger charge is -2.16. The Kier molecular flexibility index (Phi) is 17.5. The number of carbonyl (C=O) groups is 2. The first-order chi connectivity index (χ1) is 12.6. The van der Waals surface area contributed by atoms with Crippen LogP contribution in [0.15, 0.2) is 12.2 Å². The van der Waals surface area contributed by atoms with E-state index in [9.17, 15) is 9.59 Å². The van der Waals surface area contributed by atoms with Crippen molar-refractivity contribution in [3.8, 4) is 0 Å². The van der Waals surface area contributed by atoms with Gasteiger partial charge in [-0.2, -0.15) is 0 Å². The molecule has 26 heavy (non-hydrogen) atoms. The molecule has 152 valence electrons. The molecule has 4 nitrogen and oxygen atoms in total. The second kappa shape index (κ2) is 18.5. The van der Waals surface area contributed by atoms with Gasteiger partial charge in [-0.05, 0) is 38.5 Å². The zero-order valence-electron chi connectivity index (χ0n) is 17.0. The maximum atomic E-state index is 11.9. The molecule has 0 aliphatic rings. The molecule has 0 aliphatic carbocycles. The Morgan fingerprint density at radius 1 is 0.846 bits per heavy atom. The van der Waals surface area contributed by atoms with Crippen molar-refractivity contribution in [3.63, 3.8) is 0 Å². The largest absolute Gasteiger partial charge is 0.481 e. The van der Waals surface area contributed by atoms with E-state index in [4.69, 9.17) is 9.84 Å². The van der Waals surface area contributed by atoms with Gasteiger partial charge in [-0.1, -0.05) is 70.9 Å². The first-order valence-corrected chi connectivity index (χ1v) is 10.7. The van der Waals surface area contributed by atoms with Crippen LogP contribution >= 0.6 is 0 Å². The topological polar surface area (TPSA) is 63.6 Å². The van der Waals surface area contributed by atoms with Gasteiger partial charge >= 0.3 is 11.9 Å². The number of ether oxygens (including phenoxy) is 1. The van der Waals surface area contributed by atoms with E-state index in [0.29, 0.717) is 12.8 Å². The van der Waals surface area contributed by atoms with Crippen molar-refractivity contribution in [1.82, 2.24) is 0 Å². The quantitative estimate of drug-likeness (QED) is 0.172. The molecule has 0 heterocycles. The van der Waals surface area contributed by atoms with Crippen LogP contribution in [0.5, 0.6) is 0 Å². The van der Waals surface area contributed by atoms with Crippen LogP contribution in [0.1, 0.15) is 110 Å². The van der Waals surface area contributed by atoms with Gasteiger partial charge in [-0.3, -0.25) is 9.59 Å². The third kappa shape index (κ3) is 17.5. The normalized spacial score (nSPS) is 12.4. The van der Waals surface area contributed by atoms with Crippen molar-refractivity contribution in [2.45, 2.75) is 116 Å². The fourth-order valence-corrected chi connectivity index (χ4v) is 2.91. The lowest BCUT2D eigenvalue weighted by atomic mass is 10.1. The van der Waals surface area contributed by atoms with Crippen LogP contribution < -0.4 is 0 Å². The average molecular weight is 369 g/mol. The Bertz CT molecular complexity index is 376. The maximum Gasteiger partial charge on any atom is 0.307 e. The lowest BCUT2D eigenvalue weighted by Crippen LogP contribution is -2.21. The van der Waals surface area contributed by atoms with Crippen molar-refractivity contribution >= 4 is 11.9 Å². The van der Waals surface area contributed by atoms with Crippen LogP contribution in [-0.2, 0) is 14.3 Å². The van der Waals surface area contributed by atoms with Gasteiger partial charge in [0.1, 0.15) is 6.10 Å². The zero-order valence-corrected chi connectivity index (χ0v) is 17.0. The van der Waals surface area contributed by atoms with E-state index in [1.165, 1.54) is 38.5 Å². The van der Waals surface area contributed by atoms with Crippen LogP contribution in [-0.4, -0.2) is 23.1 Å². The summed E-state index contributed by atoms with van der Waals surface area (Å²) in [4.78, 5) is 22.9. The molecule has 0 aromatic heterocycles. The van der Waals surface area contributed by atoms with Crippen molar-refractivity contribution in [3.05, 3.63) is 12.2 Å². The summed E-state index contributed by atoms with van der Waals surface area (Å²) in [5.41, 5.74) is 0. The number of carboxylic acid groups (broad SMARTS) is 1. The summed E-state index contributed by atoms with van der Waals surface area (Å²) < 4.78 is 5.40. The van der Waals surface area contributed by atoms with Gasteiger partial charge in [-0.15, -0.1) is 0 Å². The Morgan fingerprint density at radius 2 is 1.42 bits per heavy atom. The van der Waals surface area contributed by atoms with Gasteiger partial charge in [0, 0.05) is 6.42 Å². The number of aliphatic carboxylic acids is 1. The molecular formula is C22H40O4. The van der Waals surface area contributed by atoms with E-state index in [1.807, 2.05) is 0 Å². The van der Waals surface area contributed by atoms with Crippen molar-refractivity contribution in [1.29, 1.82) is 0 Å². The molecule has 0 rings (SSSR count). The molecule has 0 fully saturated rings. The summed E-state index contributed by atoms with van der Waals surface area (Å²) in [6, 6.07) is 0. The number of carboxylic acids is 1. The van der Waals surface area contributed by atoms with Crippen molar-refractivity contribution in [2.24, 2.45) is 0 Å². The lowest BCUT2D eigenvalue weighted by molar-refractivity contribution is -0.153. The van der Waals surface area contributed by atoms with Gasteiger partial charge < -0.3 is 9.84 Å². The van der Waals surface area contributed by atoms with Crippen LogP contribution in [0.2, 0.25) is 0 Å². The minimum Gasteiger partial charge on any atom is -0.481 e. The highest BCUT2D eigenvalue weighted by molar-refractivity contribution is 5.71. The van der Waals surface area contributed by atoms with Gasteiger partial charge in [0.2, 0.25) is 0 Å². The third-order valence-electron chi connectivity index (χ3n) is 4.47. The number of rotatable bonds is 18. The van der Waals surface area contributed by atoms with E-state index in [0.717, 1.165) is 38.5 Å². The summed E-state index contributed by atoms with van der Waals surface area (Å²) in [6.07, 6.45) is 18.2. The standard InChI is InChI=1S/C22H40O4/c1-3-5-7-9-10-11-12-14-16-18-22(25)26-20(19-21(23)24)17-15-13-8-6-4-2/h11-12,20H,3-10,13-19H2,1-2H3,(H,23,24)/b12-11-/t20-/m1/s1. The minimum absolute atomic E-state index is 0.0861. The van der Waals surface area contributed by atoms with Crippen molar-refractivity contribution < 1.29 is 19.4 Å². The first kappa shape index (κ1) is 24.7. The molecule has 0 saturated heterocycles. The number of hydrogen-bond donors (Lipinski definition) is 1. The van der Waals surface area contributed by atoms with Crippen LogP contribution in [0.25, 0.3) is 0 Å². The summed E-state index contributed by atoms with van der Waals surface area (Å²) in [7, 11) is 0. The van der Waals surface area contributed by atoms with Gasteiger partial charge in [0.25, 0.3) is 0 Å². The van der Waals surface area contributed by atoms with E-state index in [1.54, 1.807) is 0 Å². The highest BCUT2D eigenvalue weighted by atomic mass is 16.5. The SMILES string of the molecule is CCCCCC/C=C\CCCC(=O)O[C@H](CCCCCCC)CC(=O)O. The Labute approximate surface area is 160 Å². The Balaban J connectivity index is 3.86. The summed E-state index contributed by atoms with van der Waals surface area (Å²) >= 11 is 0. The smallest absolute Gasteiger partial charge is 0.307 e. The minimum atomic E-state index is -0.901. The van der Waals surface area contributed by atoms with Crippen molar-refractivity contribution in [2.75, 3.05) is 0 Å². The molecule has 0 amide bonds. The molecule has 0 aromatic carbocycles. The number of carbonyl (C=O) groups excluding carboxylic acids is 1.